The number of amides is 1. The Hall–Kier alpha value is -1.40. The molecule has 144 valence electrons. The number of aliphatic hydroxyl groups is 1. The van der Waals surface area contributed by atoms with Crippen LogP contribution in [0, 0.1) is 0 Å². The van der Waals surface area contributed by atoms with E-state index < -0.39 is 0 Å². The molecule has 1 aromatic rings. The van der Waals surface area contributed by atoms with E-state index in [1.54, 1.807) is 0 Å². The van der Waals surface area contributed by atoms with E-state index >= 15 is 0 Å². The fourth-order valence-electron chi connectivity index (χ4n) is 5.38. The van der Waals surface area contributed by atoms with Gasteiger partial charge in [-0.2, -0.15) is 0 Å². The van der Waals surface area contributed by atoms with Crippen molar-refractivity contribution in [2.24, 2.45) is 0 Å². The zero-order valence-electron chi connectivity index (χ0n) is 15.7. The van der Waals surface area contributed by atoms with Crippen molar-refractivity contribution in [3.8, 4) is 0 Å². The molecule has 1 spiro atoms. The maximum Gasteiger partial charge on any atom is 0.243 e. The molecule has 1 amide bonds. The Bertz CT molecular complexity index is 597. The number of aryl methyl sites for hydroxylation is 1. The predicted octanol–water partition coefficient (Wildman–Crippen LogP) is 2.03. The van der Waals surface area contributed by atoms with E-state index in [1.807, 2.05) is 18.7 Å². The first-order valence-electron chi connectivity index (χ1n) is 10.4. The molecule has 6 heteroatoms. The molecule has 3 fully saturated rings. The van der Waals surface area contributed by atoms with Gasteiger partial charge in [0.25, 0.3) is 0 Å². The second kappa shape index (κ2) is 7.69. The minimum Gasteiger partial charge on any atom is -0.393 e. The lowest BCUT2D eigenvalue weighted by molar-refractivity contribution is -0.151. The van der Waals surface area contributed by atoms with E-state index in [2.05, 4.69) is 19.4 Å². The molecule has 1 N–H and O–H groups in total. The number of carbonyl (C=O) groups is 1. The van der Waals surface area contributed by atoms with Gasteiger partial charge in [-0.15, -0.1) is 0 Å². The van der Waals surface area contributed by atoms with E-state index in [4.69, 9.17) is 0 Å². The van der Waals surface area contributed by atoms with Gasteiger partial charge < -0.3 is 14.6 Å². The highest BCUT2D eigenvalue weighted by Gasteiger charge is 2.51. The van der Waals surface area contributed by atoms with Crippen molar-refractivity contribution in [2.45, 2.75) is 82.0 Å². The first-order valence-corrected chi connectivity index (χ1v) is 10.4. The zero-order chi connectivity index (χ0) is 18.0. The number of likely N-dealkylation sites (tertiary alicyclic amines) is 2. The van der Waals surface area contributed by atoms with Crippen LogP contribution in [0.25, 0.3) is 0 Å². The van der Waals surface area contributed by atoms with E-state index in [9.17, 15) is 9.90 Å². The summed E-state index contributed by atoms with van der Waals surface area (Å²) in [5, 5.41) is 9.80. The zero-order valence-corrected chi connectivity index (χ0v) is 15.7. The van der Waals surface area contributed by atoms with E-state index in [1.165, 1.54) is 0 Å². The van der Waals surface area contributed by atoms with Crippen LogP contribution in [0.4, 0.5) is 0 Å². The Kier molecular flexibility index (Phi) is 5.32. The summed E-state index contributed by atoms with van der Waals surface area (Å²) >= 11 is 0. The fraction of sp³-hybridized carbons (Fsp3) is 0.800. The number of hydrogen-bond acceptors (Lipinski definition) is 4. The van der Waals surface area contributed by atoms with Crippen molar-refractivity contribution in [3.63, 3.8) is 0 Å². The van der Waals surface area contributed by atoms with Gasteiger partial charge in [-0.25, -0.2) is 4.98 Å². The van der Waals surface area contributed by atoms with Gasteiger partial charge in [0.1, 0.15) is 5.54 Å². The highest BCUT2D eigenvalue weighted by atomic mass is 16.3. The fourth-order valence-corrected chi connectivity index (χ4v) is 5.38. The smallest absolute Gasteiger partial charge is 0.243 e. The molecule has 1 saturated carbocycles. The van der Waals surface area contributed by atoms with Crippen LogP contribution in [0.1, 0.15) is 57.8 Å². The normalized spacial score (nSPS) is 33.3. The van der Waals surface area contributed by atoms with Gasteiger partial charge in [0.2, 0.25) is 5.91 Å². The molecule has 0 bridgehead atoms. The monoisotopic (exact) mass is 360 g/mol. The SMILES string of the molecule is O=C1N(C2CCC(O)CC2)CCCC12CCCN2CCCn1ccnc1. The molecule has 3 aliphatic rings. The Labute approximate surface area is 156 Å². The summed E-state index contributed by atoms with van der Waals surface area (Å²) < 4.78 is 2.12. The molecule has 1 unspecified atom stereocenters. The number of rotatable bonds is 5. The molecule has 0 radical (unpaired) electrons. The van der Waals surface area contributed by atoms with E-state index in [0.717, 1.165) is 84.0 Å². The van der Waals surface area contributed by atoms with Crippen molar-refractivity contribution < 1.29 is 9.90 Å². The summed E-state index contributed by atoms with van der Waals surface area (Å²) in [6.07, 6.45) is 14.5. The Morgan fingerprint density at radius 2 is 1.88 bits per heavy atom. The topological polar surface area (TPSA) is 61.6 Å². The minimum atomic E-state index is -0.247. The van der Waals surface area contributed by atoms with Gasteiger partial charge in [0, 0.05) is 38.1 Å². The lowest BCUT2D eigenvalue weighted by Gasteiger charge is -2.48. The van der Waals surface area contributed by atoms with Crippen molar-refractivity contribution >= 4 is 5.91 Å². The van der Waals surface area contributed by atoms with Crippen LogP contribution in [0.2, 0.25) is 0 Å². The Morgan fingerprint density at radius 1 is 1.12 bits per heavy atom. The van der Waals surface area contributed by atoms with Crippen LogP contribution in [-0.4, -0.2) is 67.7 Å². The van der Waals surface area contributed by atoms with E-state index in [-0.39, 0.29) is 11.6 Å². The van der Waals surface area contributed by atoms with Crippen molar-refractivity contribution in [3.05, 3.63) is 18.7 Å². The maximum atomic E-state index is 13.5. The number of piperidine rings is 1. The second-order valence-electron chi connectivity index (χ2n) is 8.34. The number of aliphatic hydroxyl groups excluding tert-OH is 1. The molecule has 26 heavy (non-hydrogen) atoms. The summed E-state index contributed by atoms with van der Waals surface area (Å²) in [7, 11) is 0. The standard InChI is InChI=1S/C20H32N4O2/c25-18-6-4-17(5-7-18)24-14-2-9-20(19(24)26)8-1-12-23(20)13-3-11-22-15-10-21-16-22/h10,15-18,25H,1-9,11-14H2. The average Bonchev–Trinajstić information content (AvgIpc) is 3.30. The Morgan fingerprint density at radius 3 is 2.62 bits per heavy atom. The summed E-state index contributed by atoms with van der Waals surface area (Å²) in [4.78, 5) is 22.3. The minimum absolute atomic E-state index is 0.161. The first-order chi connectivity index (χ1) is 12.7. The second-order valence-corrected chi connectivity index (χ2v) is 8.34. The van der Waals surface area contributed by atoms with Crippen molar-refractivity contribution in [2.75, 3.05) is 19.6 Å². The Balaban J connectivity index is 1.40. The third kappa shape index (κ3) is 3.41. The van der Waals surface area contributed by atoms with Gasteiger partial charge in [-0.05, 0) is 64.3 Å². The van der Waals surface area contributed by atoms with Crippen LogP contribution >= 0.6 is 0 Å². The molecular formula is C20H32N4O2. The average molecular weight is 361 g/mol. The largest absolute Gasteiger partial charge is 0.393 e. The van der Waals surface area contributed by atoms with Gasteiger partial charge in [-0.1, -0.05) is 0 Å². The highest BCUT2D eigenvalue weighted by Crippen LogP contribution is 2.40. The molecule has 3 heterocycles. The van der Waals surface area contributed by atoms with Gasteiger partial charge in [-0.3, -0.25) is 9.69 Å². The molecule has 0 aromatic carbocycles. The van der Waals surface area contributed by atoms with Crippen LogP contribution in [0.5, 0.6) is 0 Å². The molecule has 2 saturated heterocycles. The number of aromatic nitrogens is 2. The number of nitrogens with zero attached hydrogens (tertiary/aromatic N) is 4. The molecule has 2 aliphatic heterocycles. The van der Waals surface area contributed by atoms with E-state index in [0.29, 0.717) is 11.9 Å². The van der Waals surface area contributed by atoms with Gasteiger partial charge in [0.15, 0.2) is 0 Å². The first kappa shape index (κ1) is 18.0. The molecule has 1 aliphatic carbocycles. The lowest BCUT2D eigenvalue weighted by Crippen LogP contribution is -2.62. The van der Waals surface area contributed by atoms with Gasteiger partial charge >= 0.3 is 0 Å². The maximum absolute atomic E-state index is 13.5. The van der Waals surface area contributed by atoms with Crippen LogP contribution < -0.4 is 0 Å². The van der Waals surface area contributed by atoms with Crippen molar-refractivity contribution in [1.82, 2.24) is 19.4 Å². The molecule has 4 rings (SSSR count). The van der Waals surface area contributed by atoms with Crippen LogP contribution in [-0.2, 0) is 11.3 Å². The van der Waals surface area contributed by atoms with Crippen molar-refractivity contribution in [1.29, 1.82) is 0 Å². The summed E-state index contributed by atoms with van der Waals surface area (Å²) in [6, 6.07) is 0.344. The van der Waals surface area contributed by atoms with Crippen LogP contribution in [0.3, 0.4) is 0 Å². The summed E-state index contributed by atoms with van der Waals surface area (Å²) in [6.45, 7) is 3.91. The summed E-state index contributed by atoms with van der Waals surface area (Å²) in [5.74, 6) is 0.380. The third-order valence-corrected chi connectivity index (χ3v) is 6.78. The quantitative estimate of drug-likeness (QED) is 0.873. The summed E-state index contributed by atoms with van der Waals surface area (Å²) in [5.41, 5.74) is -0.247. The third-order valence-electron chi connectivity index (χ3n) is 6.78. The molecular weight excluding hydrogens is 328 g/mol. The number of imidazole rings is 1. The van der Waals surface area contributed by atoms with Gasteiger partial charge in [0.05, 0.1) is 12.4 Å². The predicted molar refractivity (Wildman–Crippen MR) is 99.6 cm³/mol. The molecule has 1 aromatic heterocycles. The van der Waals surface area contributed by atoms with Crippen LogP contribution in [0.15, 0.2) is 18.7 Å². The molecule has 6 nitrogen and oxygen atoms in total. The number of hydrogen-bond donors (Lipinski definition) is 1. The highest BCUT2D eigenvalue weighted by molar-refractivity contribution is 5.87. The lowest BCUT2D eigenvalue weighted by atomic mass is 9.82. The molecule has 1 atom stereocenters. The number of carbonyl (C=O) groups excluding carboxylic acids is 1.